The minimum atomic E-state index is -0.416. The van der Waals surface area contributed by atoms with E-state index in [0.29, 0.717) is 6.61 Å². The zero-order chi connectivity index (χ0) is 7.19. The van der Waals surface area contributed by atoms with Gasteiger partial charge in [-0.1, -0.05) is 0 Å². The Morgan fingerprint density at radius 2 is 2.20 bits per heavy atom. The molecule has 58 valence electrons. The first-order valence-electron chi connectivity index (χ1n) is 3.82. The van der Waals surface area contributed by atoms with Crippen molar-refractivity contribution in [2.45, 2.75) is 37.0 Å². The molecule has 1 spiro atoms. The van der Waals surface area contributed by atoms with Crippen molar-refractivity contribution in [3.63, 3.8) is 0 Å². The molecular formula is C7H13NO2. The molecule has 2 atom stereocenters. The summed E-state index contributed by atoms with van der Waals surface area (Å²) < 4.78 is 5.43. The number of aliphatic hydroxyl groups is 1. The number of hydrogen-bond acceptors (Lipinski definition) is 3. The van der Waals surface area contributed by atoms with Crippen molar-refractivity contribution in [1.29, 1.82) is 0 Å². The van der Waals surface area contributed by atoms with E-state index in [4.69, 9.17) is 10.5 Å². The Labute approximate surface area is 60.2 Å². The first-order valence-corrected chi connectivity index (χ1v) is 3.82. The van der Waals surface area contributed by atoms with Gasteiger partial charge in [-0.05, 0) is 19.3 Å². The van der Waals surface area contributed by atoms with Crippen LogP contribution >= 0.6 is 0 Å². The SMILES string of the molecule is N[C@@H]1COC2(CCC2)[C@H]1O. The van der Waals surface area contributed by atoms with Gasteiger partial charge in [0.2, 0.25) is 0 Å². The summed E-state index contributed by atoms with van der Waals surface area (Å²) in [7, 11) is 0. The van der Waals surface area contributed by atoms with Crippen molar-refractivity contribution in [3.8, 4) is 0 Å². The van der Waals surface area contributed by atoms with Crippen LogP contribution in [0.5, 0.6) is 0 Å². The van der Waals surface area contributed by atoms with Crippen LogP contribution in [0.3, 0.4) is 0 Å². The molecule has 2 rings (SSSR count). The van der Waals surface area contributed by atoms with E-state index in [1.54, 1.807) is 0 Å². The van der Waals surface area contributed by atoms with Crippen LogP contribution in [0.4, 0.5) is 0 Å². The Morgan fingerprint density at radius 3 is 2.40 bits per heavy atom. The lowest BCUT2D eigenvalue weighted by Crippen LogP contribution is -2.50. The summed E-state index contributed by atoms with van der Waals surface area (Å²) in [6.07, 6.45) is 2.73. The Hall–Kier alpha value is -0.120. The maximum absolute atomic E-state index is 9.52. The van der Waals surface area contributed by atoms with E-state index < -0.39 is 6.10 Å². The molecule has 0 unspecified atom stereocenters. The van der Waals surface area contributed by atoms with Crippen molar-refractivity contribution in [2.24, 2.45) is 5.73 Å². The van der Waals surface area contributed by atoms with Crippen molar-refractivity contribution in [3.05, 3.63) is 0 Å². The number of rotatable bonds is 0. The highest BCUT2D eigenvalue weighted by Gasteiger charge is 2.51. The number of aliphatic hydroxyl groups excluding tert-OH is 1. The smallest absolute Gasteiger partial charge is 0.100 e. The third kappa shape index (κ3) is 0.654. The van der Waals surface area contributed by atoms with E-state index >= 15 is 0 Å². The molecular weight excluding hydrogens is 130 g/mol. The molecule has 10 heavy (non-hydrogen) atoms. The molecule has 0 radical (unpaired) electrons. The van der Waals surface area contributed by atoms with Crippen LogP contribution in [0.15, 0.2) is 0 Å². The predicted octanol–water partition coefficient (Wildman–Crippen LogP) is -0.373. The fourth-order valence-electron chi connectivity index (χ4n) is 1.79. The molecule has 0 aromatic rings. The van der Waals surface area contributed by atoms with Gasteiger partial charge in [0.05, 0.1) is 18.2 Å². The fourth-order valence-corrected chi connectivity index (χ4v) is 1.79. The molecule has 0 aromatic carbocycles. The van der Waals surface area contributed by atoms with Crippen molar-refractivity contribution in [2.75, 3.05) is 6.61 Å². The quantitative estimate of drug-likeness (QED) is 0.486. The lowest BCUT2D eigenvalue weighted by Gasteiger charge is -2.40. The number of ether oxygens (including phenoxy) is 1. The van der Waals surface area contributed by atoms with Crippen LogP contribution < -0.4 is 5.73 Å². The van der Waals surface area contributed by atoms with Crippen LogP contribution in [-0.4, -0.2) is 29.5 Å². The Morgan fingerprint density at radius 1 is 1.50 bits per heavy atom. The predicted molar refractivity (Wildman–Crippen MR) is 36.5 cm³/mol. The van der Waals surface area contributed by atoms with Crippen LogP contribution in [0, 0.1) is 0 Å². The lowest BCUT2D eigenvalue weighted by molar-refractivity contribution is -0.110. The summed E-state index contributed by atoms with van der Waals surface area (Å²) in [6.45, 7) is 0.529. The monoisotopic (exact) mass is 143 g/mol. The highest BCUT2D eigenvalue weighted by molar-refractivity contribution is 5.04. The van der Waals surface area contributed by atoms with Gasteiger partial charge in [0.1, 0.15) is 6.10 Å². The second-order valence-electron chi connectivity index (χ2n) is 3.34. The molecule has 2 aliphatic rings. The van der Waals surface area contributed by atoms with Crippen LogP contribution in [-0.2, 0) is 4.74 Å². The van der Waals surface area contributed by atoms with E-state index in [-0.39, 0.29) is 11.6 Å². The van der Waals surface area contributed by atoms with Crippen LogP contribution in [0.25, 0.3) is 0 Å². The summed E-state index contributed by atoms with van der Waals surface area (Å²) in [4.78, 5) is 0. The third-order valence-corrected chi connectivity index (χ3v) is 2.71. The first kappa shape index (κ1) is 6.58. The number of nitrogens with two attached hydrogens (primary N) is 1. The summed E-state index contributed by atoms with van der Waals surface area (Å²) in [5.41, 5.74) is 5.37. The van der Waals surface area contributed by atoms with Crippen LogP contribution in [0.2, 0.25) is 0 Å². The summed E-state index contributed by atoms with van der Waals surface area (Å²) >= 11 is 0. The van der Waals surface area contributed by atoms with E-state index in [0.717, 1.165) is 12.8 Å². The van der Waals surface area contributed by atoms with Gasteiger partial charge in [0.15, 0.2) is 0 Å². The van der Waals surface area contributed by atoms with Crippen molar-refractivity contribution >= 4 is 0 Å². The molecule has 3 nitrogen and oxygen atoms in total. The third-order valence-electron chi connectivity index (χ3n) is 2.71. The zero-order valence-corrected chi connectivity index (χ0v) is 5.92. The lowest BCUT2D eigenvalue weighted by atomic mass is 9.75. The second kappa shape index (κ2) is 1.94. The molecule has 0 aromatic heterocycles. The summed E-state index contributed by atoms with van der Waals surface area (Å²) in [6, 6.07) is -0.153. The van der Waals surface area contributed by atoms with Crippen molar-refractivity contribution < 1.29 is 9.84 Å². The van der Waals surface area contributed by atoms with Gasteiger partial charge in [0.25, 0.3) is 0 Å². The van der Waals surface area contributed by atoms with Gasteiger partial charge >= 0.3 is 0 Å². The molecule has 0 amide bonds. The molecule has 1 aliphatic carbocycles. The molecule has 1 saturated heterocycles. The standard InChI is InChI=1S/C7H13NO2/c8-5-4-10-7(6(5)9)2-1-3-7/h5-6,9H,1-4,8H2/t5-,6+/m1/s1. The molecule has 1 aliphatic heterocycles. The number of hydrogen-bond donors (Lipinski definition) is 2. The van der Waals surface area contributed by atoms with Gasteiger partial charge < -0.3 is 15.6 Å². The summed E-state index contributed by atoms with van der Waals surface area (Å²) in [5.74, 6) is 0. The van der Waals surface area contributed by atoms with Gasteiger partial charge in [-0.25, -0.2) is 0 Å². The van der Waals surface area contributed by atoms with Gasteiger partial charge in [-0.2, -0.15) is 0 Å². The minimum Gasteiger partial charge on any atom is -0.388 e. The Balaban J connectivity index is 2.10. The fraction of sp³-hybridized carbons (Fsp3) is 1.00. The average Bonchev–Trinajstić information content (AvgIpc) is 2.10. The van der Waals surface area contributed by atoms with E-state index in [1.807, 2.05) is 0 Å². The topological polar surface area (TPSA) is 55.5 Å². The maximum Gasteiger partial charge on any atom is 0.100 e. The highest BCUT2D eigenvalue weighted by atomic mass is 16.5. The molecule has 3 N–H and O–H groups in total. The Kier molecular flexibility index (Phi) is 1.27. The molecule has 0 bridgehead atoms. The maximum atomic E-state index is 9.52. The Bertz CT molecular complexity index is 145. The van der Waals surface area contributed by atoms with E-state index in [2.05, 4.69) is 0 Å². The largest absolute Gasteiger partial charge is 0.388 e. The van der Waals surface area contributed by atoms with E-state index in [1.165, 1.54) is 6.42 Å². The zero-order valence-electron chi connectivity index (χ0n) is 5.92. The van der Waals surface area contributed by atoms with Gasteiger partial charge in [0, 0.05) is 0 Å². The van der Waals surface area contributed by atoms with Crippen molar-refractivity contribution in [1.82, 2.24) is 0 Å². The molecule has 2 fully saturated rings. The normalized spacial score (nSPS) is 43.8. The molecule has 1 saturated carbocycles. The molecule has 3 heteroatoms. The van der Waals surface area contributed by atoms with Gasteiger partial charge in [-0.3, -0.25) is 0 Å². The summed E-state index contributed by atoms with van der Waals surface area (Å²) in [5, 5.41) is 9.52. The highest BCUT2D eigenvalue weighted by Crippen LogP contribution is 2.42. The molecule has 1 heterocycles. The average molecular weight is 143 g/mol. The first-order chi connectivity index (χ1) is 4.75. The van der Waals surface area contributed by atoms with Crippen LogP contribution in [0.1, 0.15) is 19.3 Å². The second-order valence-corrected chi connectivity index (χ2v) is 3.34. The minimum absolute atomic E-state index is 0.153. The van der Waals surface area contributed by atoms with E-state index in [9.17, 15) is 5.11 Å². The van der Waals surface area contributed by atoms with Gasteiger partial charge in [-0.15, -0.1) is 0 Å².